The van der Waals surface area contributed by atoms with Crippen LogP contribution in [0.2, 0.25) is 0 Å². The number of aryl methyl sites for hydroxylation is 2. The SMILES string of the molecule is COC(=O)c1c(C)[nH]c(C(=O)COc2cccc(C)c2)c1C. The van der Waals surface area contributed by atoms with E-state index < -0.39 is 5.97 Å². The van der Waals surface area contributed by atoms with Gasteiger partial charge in [0.25, 0.3) is 0 Å². The maximum Gasteiger partial charge on any atom is 0.339 e. The quantitative estimate of drug-likeness (QED) is 0.681. The summed E-state index contributed by atoms with van der Waals surface area (Å²) in [5.41, 5.74) is 3.04. The van der Waals surface area contributed by atoms with E-state index in [1.165, 1.54) is 7.11 Å². The molecule has 0 aliphatic heterocycles. The van der Waals surface area contributed by atoms with E-state index in [0.717, 1.165) is 5.56 Å². The molecule has 22 heavy (non-hydrogen) atoms. The minimum Gasteiger partial charge on any atom is -0.485 e. The number of carbonyl (C=O) groups is 2. The van der Waals surface area contributed by atoms with Crippen molar-refractivity contribution in [1.29, 1.82) is 0 Å². The fourth-order valence-electron chi connectivity index (χ4n) is 2.36. The lowest BCUT2D eigenvalue weighted by Crippen LogP contribution is -2.13. The molecule has 0 fully saturated rings. The summed E-state index contributed by atoms with van der Waals surface area (Å²) in [4.78, 5) is 27.0. The Hall–Kier alpha value is -2.56. The first-order chi connectivity index (χ1) is 10.4. The Kier molecular flexibility index (Phi) is 4.65. The molecule has 1 aromatic heterocycles. The number of Topliss-reactive ketones (excluding diaryl/α,β-unsaturated/α-hetero) is 1. The Balaban J connectivity index is 2.15. The average Bonchev–Trinajstić information content (AvgIpc) is 2.79. The highest BCUT2D eigenvalue weighted by atomic mass is 16.5. The normalized spacial score (nSPS) is 10.4. The third kappa shape index (κ3) is 3.19. The second kappa shape index (κ2) is 6.47. The van der Waals surface area contributed by atoms with Crippen molar-refractivity contribution >= 4 is 11.8 Å². The van der Waals surface area contributed by atoms with Crippen molar-refractivity contribution in [2.75, 3.05) is 13.7 Å². The largest absolute Gasteiger partial charge is 0.485 e. The van der Waals surface area contributed by atoms with Gasteiger partial charge in [0, 0.05) is 5.69 Å². The van der Waals surface area contributed by atoms with Gasteiger partial charge in [0.05, 0.1) is 18.4 Å². The first-order valence-electron chi connectivity index (χ1n) is 6.94. The molecule has 1 N–H and O–H groups in total. The number of ether oxygens (including phenoxy) is 2. The predicted octanol–water partition coefficient (Wildman–Crippen LogP) is 2.99. The van der Waals surface area contributed by atoms with Crippen molar-refractivity contribution in [3.63, 3.8) is 0 Å². The zero-order chi connectivity index (χ0) is 16.3. The molecule has 0 amide bonds. The van der Waals surface area contributed by atoms with Gasteiger partial charge in [-0.05, 0) is 44.0 Å². The molecule has 0 saturated heterocycles. The van der Waals surface area contributed by atoms with Gasteiger partial charge in [0.1, 0.15) is 5.75 Å². The van der Waals surface area contributed by atoms with Crippen LogP contribution >= 0.6 is 0 Å². The summed E-state index contributed by atoms with van der Waals surface area (Å²) in [7, 11) is 1.32. The topological polar surface area (TPSA) is 68.4 Å². The molecule has 1 aromatic carbocycles. The number of carbonyl (C=O) groups excluding carboxylic acids is 2. The zero-order valence-corrected chi connectivity index (χ0v) is 13.1. The van der Waals surface area contributed by atoms with Gasteiger partial charge < -0.3 is 14.5 Å². The van der Waals surface area contributed by atoms with Gasteiger partial charge in [-0.1, -0.05) is 12.1 Å². The van der Waals surface area contributed by atoms with Gasteiger partial charge in [-0.25, -0.2) is 4.79 Å². The number of aromatic nitrogens is 1. The lowest BCUT2D eigenvalue weighted by atomic mass is 10.1. The van der Waals surface area contributed by atoms with Gasteiger partial charge in [0.15, 0.2) is 6.61 Å². The second-order valence-electron chi connectivity index (χ2n) is 5.14. The summed E-state index contributed by atoms with van der Waals surface area (Å²) >= 11 is 0. The van der Waals surface area contributed by atoms with Crippen LogP contribution < -0.4 is 4.74 Å². The third-order valence-corrected chi connectivity index (χ3v) is 3.47. The van der Waals surface area contributed by atoms with Crippen LogP contribution in [0, 0.1) is 20.8 Å². The van der Waals surface area contributed by atoms with Gasteiger partial charge in [0.2, 0.25) is 5.78 Å². The van der Waals surface area contributed by atoms with Crippen molar-refractivity contribution in [3.8, 4) is 5.75 Å². The molecule has 2 aromatic rings. The standard InChI is InChI=1S/C17H19NO4/c1-10-6-5-7-13(8-10)22-9-14(19)16-11(2)15(12(3)18-16)17(20)21-4/h5-8,18H,9H2,1-4H3. The van der Waals surface area contributed by atoms with E-state index in [-0.39, 0.29) is 12.4 Å². The summed E-state index contributed by atoms with van der Waals surface area (Å²) in [5.74, 6) is -0.0235. The molecule has 5 nitrogen and oxygen atoms in total. The molecule has 0 radical (unpaired) electrons. The zero-order valence-electron chi connectivity index (χ0n) is 13.1. The number of hydrogen-bond donors (Lipinski definition) is 1. The van der Waals surface area contributed by atoms with Crippen LogP contribution in [0.1, 0.15) is 37.7 Å². The molecule has 116 valence electrons. The van der Waals surface area contributed by atoms with Gasteiger partial charge in [-0.2, -0.15) is 0 Å². The van der Waals surface area contributed by atoms with Crippen molar-refractivity contribution in [2.24, 2.45) is 0 Å². The Bertz CT molecular complexity index is 715. The highest BCUT2D eigenvalue weighted by Gasteiger charge is 2.22. The van der Waals surface area contributed by atoms with Crippen LogP contribution in [-0.4, -0.2) is 30.5 Å². The lowest BCUT2D eigenvalue weighted by molar-refractivity contribution is 0.0599. The molecule has 2 rings (SSSR count). The van der Waals surface area contributed by atoms with Crippen LogP contribution in [0.5, 0.6) is 5.75 Å². The molecule has 0 aliphatic rings. The van der Waals surface area contributed by atoms with E-state index >= 15 is 0 Å². The van der Waals surface area contributed by atoms with E-state index in [2.05, 4.69) is 4.98 Å². The maximum absolute atomic E-state index is 12.3. The summed E-state index contributed by atoms with van der Waals surface area (Å²) < 4.78 is 10.2. The average molecular weight is 301 g/mol. The first-order valence-corrected chi connectivity index (χ1v) is 6.94. The van der Waals surface area contributed by atoms with Crippen LogP contribution in [0.25, 0.3) is 0 Å². The Morgan fingerprint density at radius 2 is 1.91 bits per heavy atom. The molecular weight excluding hydrogens is 282 g/mol. The molecule has 0 unspecified atom stereocenters. The Morgan fingerprint density at radius 1 is 1.18 bits per heavy atom. The number of H-pyrrole nitrogens is 1. The van der Waals surface area contributed by atoms with Crippen molar-refractivity contribution in [2.45, 2.75) is 20.8 Å². The van der Waals surface area contributed by atoms with Crippen LogP contribution in [0.15, 0.2) is 24.3 Å². The number of rotatable bonds is 5. The highest BCUT2D eigenvalue weighted by molar-refractivity contribution is 6.02. The van der Waals surface area contributed by atoms with Crippen molar-refractivity contribution in [1.82, 2.24) is 4.98 Å². The van der Waals surface area contributed by atoms with Crippen molar-refractivity contribution < 1.29 is 19.1 Å². The van der Waals surface area contributed by atoms with E-state index in [9.17, 15) is 9.59 Å². The Labute approximate surface area is 129 Å². The number of esters is 1. The van der Waals surface area contributed by atoms with Crippen molar-refractivity contribution in [3.05, 3.63) is 52.3 Å². The number of nitrogens with one attached hydrogen (secondary N) is 1. The molecule has 0 spiro atoms. The third-order valence-electron chi connectivity index (χ3n) is 3.47. The molecule has 0 atom stereocenters. The predicted molar refractivity (Wildman–Crippen MR) is 82.6 cm³/mol. The summed E-state index contributed by atoms with van der Waals surface area (Å²) in [5, 5.41) is 0. The molecule has 0 bridgehead atoms. The van der Waals surface area contributed by atoms with Crippen LogP contribution in [-0.2, 0) is 4.74 Å². The van der Waals surface area contributed by atoms with Crippen LogP contribution in [0.3, 0.4) is 0 Å². The highest BCUT2D eigenvalue weighted by Crippen LogP contribution is 2.20. The smallest absolute Gasteiger partial charge is 0.339 e. The number of hydrogen-bond acceptors (Lipinski definition) is 4. The summed E-state index contributed by atoms with van der Waals surface area (Å²) in [6.07, 6.45) is 0. The molecule has 0 saturated carbocycles. The van der Waals surface area contributed by atoms with Gasteiger partial charge >= 0.3 is 5.97 Å². The second-order valence-corrected chi connectivity index (χ2v) is 5.14. The molecular formula is C17H19NO4. The number of ketones is 1. The Morgan fingerprint density at radius 3 is 2.55 bits per heavy atom. The summed E-state index contributed by atoms with van der Waals surface area (Å²) in [6, 6.07) is 7.48. The maximum atomic E-state index is 12.3. The molecule has 1 heterocycles. The van der Waals surface area contributed by atoms with Crippen LogP contribution in [0.4, 0.5) is 0 Å². The first kappa shape index (κ1) is 15.8. The summed E-state index contributed by atoms with van der Waals surface area (Å²) in [6.45, 7) is 5.31. The van der Waals surface area contributed by atoms with E-state index in [4.69, 9.17) is 9.47 Å². The molecule has 5 heteroatoms. The number of methoxy groups -OCH3 is 1. The monoisotopic (exact) mass is 301 g/mol. The number of aromatic amines is 1. The van der Waals surface area contributed by atoms with E-state index in [1.807, 2.05) is 25.1 Å². The van der Waals surface area contributed by atoms with E-state index in [0.29, 0.717) is 28.3 Å². The fourth-order valence-corrected chi connectivity index (χ4v) is 2.36. The van der Waals surface area contributed by atoms with Gasteiger partial charge in [-0.15, -0.1) is 0 Å². The van der Waals surface area contributed by atoms with E-state index in [1.54, 1.807) is 19.9 Å². The minimum atomic E-state index is -0.454. The minimum absolute atomic E-state index is 0.0924. The molecule has 0 aliphatic carbocycles. The fraction of sp³-hybridized carbons (Fsp3) is 0.294. The van der Waals surface area contributed by atoms with Gasteiger partial charge in [-0.3, -0.25) is 4.79 Å². The lowest BCUT2D eigenvalue weighted by Gasteiger charge is -2.06. The number of benzene rings is 1.